The standard InChI is InChI=1S/C22H26FN3O2/c1-15-3-6-18-16(13-15)4-7-19(24-18)22(27)26-11-9-25(10-12-26)20-8-5-17(23)14-21(20)28-2/h3,5-6,8,13-14,19,24H,4,7,9-12H2,1-2H3. The van der Waals surface area contributed by atoms with Gasteiger partial charge in [0.25, 0.3) is 0 Å². The van der Waals surface area contributed by atoms with E-state index < -0.39 is 0 Å². The molecule has 2 aromatic carbocycles. The minimum absolute atomic E-state index is 0.164. The molecule has 0 aromatic heterocycles. The fourth-order valence-corrected chi connectivity index (χ4v) is 4.12. The number of fused-ring (bicyclic) bond motifs is 1. The van der Waals surface area contributed by atoms with Crippen molar-refractivity contribution in [3.05, 3.63) is 53.3 Å². The predicted octanol–water partition coefficient (Wildman–Crippen LogP) is 3.22. The highest BCUT2D eigenvalue weighted by Crippen LogP contribution is 2.30. The summed E-state index contributed by atoms with van der Waals surface area (Å²) < 4.78 is 18.8. The van der Waals surface area contributed by atoms with Crippen LogP contribution in [0.2, 0.25) is 0 Å². The molecule has 2 aromatic rings. The number of anilines is 2. The molecule has 148 valence electrons. The lowest BCUT2D eigenvalue weighted by atomic mass is 9.96. The van der Waals surface area contributed by atoms with Crippen molar-refractivity contribution in [2.24, 2.45) is 0 Å². The largest absolute Gasteiger partial charge is 0.494 e. The van der Waals surface area contributed by atoms with E-state index in [-0.39, 0.29) is 17.8 Å². The minimum atomic E-state index is -0.312. The van der Waals surface area contributed by atoms with Gasteiger partial charge in [-0.25, -0.2) is 4.39 Å². The van der Waals surface area contributed by atoms with E-state index >= 15 is 0 Å². The zero-order valence-electron chi connectivity index (χ0n) is 16.4. The summed E-state index contributed by atoms with van der Waals surface area (Å²) in [5.74, 6) is 0.380. The Labute approximate surface area is 165 Å². The van der Waals surface area contributed by atoms with Crippen molar-refractivity contribution in [2.75, 3.05) is 43.5 Å². The number of aryl methyl sites for hydroxylation is 2. The second-order valence-corrected chi connectivity index (χ2v) is 7.52. The molecule has 0 bridgehead atoms. The molecule has 2 aliphatic heterocycles. The molecule has 0 radical (unpaired) electrons. The number of methoxy groups -OCH3 is 1. The molecule has 2 heterocycles. The lowest BCUT2D eigenvalue weighted by Gasteiger charge is -2.39. The zero-order chi connectivity index (χ0) is 19.7. The van der Waals surface area contributed by atoms with Crippen LogP contribution in [0.25, 0.3) is 0 Å². The van der Waals surface area contributed by atoms with E-state index in [1.54, 1.807) is 13.2 Å². The van der Waals surface area contributed by atoms with E-state index in [1.807, 2.05) is 4.90 Å². The van der Waals surface area contributed by atoms with Crippen LogP contribution in [0.4, 0.5) is 15.8 Å². The van der Waals surface area contributed by atoms with Gasteiger partial charge in [0.1, 0.15) is 17.6 Å². The van der Waals surface area contributed by atoms with Gasteiger partial charge in [0.05, 0.1) is 12.8 Å². The summed E-state index contributed by atoms with van der Waals surface area (Å²) in [5.41, 5.74) is 4.48. The number of piperazine rings is 1. The van der Waals surface area contributed by atoms with Crippen molar-refractivity contribution < 1.29 is 13.9 Å². The van der Waals surface area contributed by atoms with E-state index in [1.165, 1.54) is 23.3 Å². The van der Waals surface area contributed by atoms with Crippen molar-refractivity contribution in [1.29, 1.82) is 0 Å². The number of nitrogens with zero attached hydrogens (tertiary/aromatic N) is 2. The van der Waals surface area contributed by atoms with Gasteiger partial charge in [0.2, 0.25) is 5.91 Å². The summed E-state index contributed by atoms with van der Waals surface area (Å²) in [6.07, 6.45) is 1.74. The van der Waals surface area contributed by atoms with Crippen LogP contribution in [0.5, 0.6) is 5.75 Å². The number of ether oxygens (including phenoxy) is 1. The molecule has 0 saturated carbocycles. The average molecular weight is 383 g/mol. The normalized spacial score (nSPS) is 19.0. The van der Waals surface area contributed by atoms with E-state index in [2.05, 4.69) is 35.3 Å². The Morgan fingerprint density at radius 3 is 2.68 bits per heavy atom. The third-order valence-corrected chi connectivity index (χ3v) is 5.66. The summed E-state index contributed by atoms with van der Waals surface area (Å²) in [5, 5.41) is 3.42. The maximum absolute atomic E-state index is 13.4. The monoisotopic (exact) mass is 383 g/mol. The van der Waals surface area contributed by atoms with Crippen molar-refractivity contribution >= 4 is 17.3 Å². The van der Waals surface area contributed by atoms with Gasteiger partial charge < -0.3 is 19.9 Å². The molecule has 1 atom stereocenters. The number of benzene rings is 2. The minimum Gasteiger partial charge on any atom is -0.494 e. The first kappa shape index (κ1) is 18.6. The Bertz CT molecular complexity index is 878. The van der Waals surface area contributed by atoms with Crippen LogP contribution in [-0.2, 0) is 11.2 Å². The Hall–Kier alpha value is -2.76. The Kier molecular flexibility index (Phi) is 5.11. The second-order valence-electron chi connectivity index (χ2n) is 7.52. The number of hydrogen-bond donors (Lipinski definition) is 1. The molecule has 6 heteroatoms. The highest BCUT2D eigenvalue weighted by atomic mass is 19.1. The molecule has 4 rings (SSSR count). The van der Waals surface area contributed by atoms with Gasteiger partial charge in [-0.1, -0.05) is 17.7 Å². The highest BCUT2D eigenvalue weighted by Gasteiger charge is 2.30. The third-order valence-electron chi connectivity index (χ3n) is 5.66. The first-order chi connectivity index (χ1) is 13.5. The summed E-state index contributed by atoms with van der Waals surface area (Å²) in [6, 6.07) is 10.8. The Morgan fingerprint density at radius 2 is 1.93 bits per heavy atom. The quantitative estimate of drug-likeness (QED) is 0.884. The lowest BCUT2D eigenvalue weighted by molar-refractivity contribution is -0.132. The molecule has 1 N–H and O–H groups in total. The van der Waals surface area contributed by atoms with Gasteiger partial charge in [0.15, 0.2) is 0 Å². The maximum Gasteiger partial charge on any atom is 0.245 e. The number of hydrogen-bond acceptors (Lipinski definition) is 4. The Morgan fingerprint density at radius 1 is 1.14 bits per heavy atom. The molecular weight excluding hydrogens is 357 g/mol. The number of halogens is 1. The SMILES string of the molecule is COc1cc(F)ccc1N1CCN(C(=O)C2CCc3cc(C)ccc3N2)CC1. The van der Waals surface area contributed by atoms with Crippen molar-refractivity contribution in [1.82, 2.24) is 4.90 Å². The third kappa shape index (κ3) is 3.63. The van der Waals surface area contributed by atoms with Crippen molar-refractivity contribution in [3.8, 4) is 5.75 Å². The first-order valence-electron chi connectivity index (χ1n) is 9.78. The number of amides is 1. The van der Waals surface area contributed by atoms with Crippen LogP contribution in [0, 0.1) is 12.7 Å². The van der Waals surface area contributed by atoms with Crippen LogP contribution in [0.1, 0.15) is 17.5 Å². The fourth-order valence-electron chi connectivity index (χ4n) is 4.12. The van der Waals surface area contributed by atoms with Gasteiger partial charge in [-0.05, 0) is 43.5 Å². The molecule has 5 nitrogen and oxygen atoms in total. The van der Waals surface area contributed by atoms with Crippen LogP contribution >= 0.6 is 0 Å². The molecule has 1 fully saturated rings. The maximum atomic E-state index is 13.4. The van der Waals surface area contributed by atoms with E-state index in [9.17, 15) is 9.18 Å². The van der Waals surface area contributed by atoms with E-state index in [4.69, 9.17) is 4.74 Å². The summed E-state index contributed by atoms with van der Waals surface area (Å²) in [6.45, 7) is 4.80. The van der Waals surface area contributed by atoms with Crippen molar-refractivity contribution in [2.45, 2.75) is 25.8 Å². The highest BCUT2D eigenvalue weighted by molar-refractivity contribution is 5.86. The van der Waals surface area contributed by atoms with Crippen molar-refractivity contribution in [3.63, 3.8) is 0 Å². The number of rotatable bonds is 3. The van der Waals surface area contributed by atoms with Crippen LogP contribution in [0.3, 0.4) is 0 Å². The van der Waals surface area contributed by atoms with Gasteiger partial charge in [-0.15, -0.1) is 0 Å². The van der Waals surface area contributed by atoms with Gasteiger partial charge in [-0.2, -0.15) is 0 Å². The van der Waals surface area contributed by atoms with Crippen LogP contribution in [-0.4, -0.2) is 50.1 Å². The molecule has 1 amide bonds. The molecule has 0 spiro atoms. The second kappa shape index (κ2) is 7.70. The zero-order valence-corrected chi connectivity index (χ0v) is 16.4. The van der Waals surface area contributed by atoms with Crippen LogP contribution < -0.4 is 15.0 Å². The number of carbonyl (C=O) groups excluding carboxylic acids is 1. The van der Waals surface area contributed by atoms with E-state index in [0.717, 1.165) is 24.2 Å². The smallest absolute Gasteiger partial charge is 0.245 e. The summed E-state index contributed by atoms with van der Waals surface area (Å²) >= 11 is 0. The fraction of sp³-hybridized carbons (Fsp3) is 0.409. The molecule has 1 unspecified atom stereocenters. The topological polar surface area (TPSA) is 44.8 Å². The summed E-state index contributed by atoms with van der Waals surface area (Å²) in [7, 11) is 1.55. The molecule has 28 heavy (non-hydrogen) atoms. The first-order valence-corrected chi connectivity index (χ1v) is 9.78. The number of nitrogens with one attached hydrogen (secondary N) is 1. The number of carbonyl (C=O) groups is 1. The molecular formula is C22H26FN3O2. The van der Waals surface area contributed by atoms with Gasteiger partial charge >= 0.3 is 0 Å². The predicted molar refractivity (Wildman–Crippen MR) is 109 cm³/mol. The average Bonchev–Trinajstić information content (AvgIpc) is 2.73. The van der Waals surface area contributed by atoms with Gasteiger partial charge in [-0.3, -0.25) is 4.79 Å². The molecule has 2 aliphatic rings. The summed E-state index contributed by atoms with van der Waals surface area (Å²) in [4.78, 5) is 17.1. The van der Waals surface area contributed by atoms with Crippen LogP contribution in [0.15, 0.2) is 36.4 Å². The molecule has 0 aliphatic carbocycles. The lowest BCUT2D eigenvalue weighted by Crippen LogP contribution is -2.53. The Balaban J connectivity index is 1.39. The van der Waals surface area contributed by atoms with Gasteiger partial charge in [0, 0.05) is 37.9 Å². The molecule has 1 saturated heterocycles. The van der Waals surface area contributed by atoms with E-state index in [0.29, 0.717) is 31.9 Å².